The Morgan fingerprint density at radius 2 is 1.14 bits per heavy atom. The Morgan fingerprint density at radius 1 is 0.636 bits per heavy atom. The first-order valence-corrected chi connectivity index (χ1v) is 7.00. The Morgan fingerprint density at radius 3 is 1.55 bits per heavy atom. The molecule has 2 aromatic heterocycles. The predicted molar refractivity (Wildman–Crippen MR) is 84.5 cm³/mol. The van der Waals surface area contributed by atoms with Gasteiger partial charge in [0.05, 0.1) is 12.4 Å². The molecule has 0 spiro atoms. The molecule has 0 aliphatic heterocycles. The second-order valence-corrected chi connectivity index (χ2v) is 4.95. The second kappa shape index (κ2) is 6.26. The molecular formula is C18H16N2O2. The van der Waals surface area contributed by atoms with Crippen LogP contribution in [0.1, 0.15) is 11.4 Å². The second-order valence-electron chi connectivity index (χ2n) is 4.95. The van der Waals surface area contributed by atoms with Crippen LogP contribution >= 0.6 is 0 Å². The van der Waals surface area contributed by atoms with E-state index in [9.17, 15) is 0 Å². The van der Waals surface area contributed by atoms with Gasteiger partial charge in [0.2, 0.25) is 0 Å². The number of rotatable bonds is 4. The number of aromatic nitrogens is 2. The van der Waals surface area contributed by atoms with Gasteiger partial charge in [0.1, 0.15) is 23.0 Å². The van der Waals surface area contributed by atoms with Crippen molar-refractivity contribution >= 4 is 0 Å². The lowest BCUT2D eigenvalue weighted by Crippen LogP contribution is -1.89. The number of ether oxygens (including phenoxy) is 2. The molecule has 0 bridgehead atoms. The number of benzene rings is 1. The fraction of sp³-hybridized carbons (Fsp3) is 0.111. The van der Waals surface area contributed by atoms with Crippen molar-refractivity contribution in [2.45, 2.75) is 13.8 Å². The van der Waals surface area contributed by atoms with Crippen molar-refractivity contribution < 1.29 is 9.47 Å². The van der Waals surface area contributed by atoms with E-state index in [1.807, 2.05) is 62.4 Å². The minimum Gasteiger partial charge on any atom is -0.456 e. The largest absolute Gasteiger partial charge is 0.456 e. The minimum absolute atomic E-state index is 0.694. The summed E-state index contributed by atoms with van der Waals surface area (Å²) in [5.74, 6) is 2.78. The van der Waals surface area contributed by atoms with E-state index in [1.165, 1.54) is 0 Å². The lowest BCUT2D eigenvalue weighted by Gasteiger charge is -2.09. The maximum Gasteiger partial charge on any atom is 0.145 e. The highest BCUT2D eigenvalue weighted by molar-refractivity contribution is 5.38. The van der Waals surface area contributed by atoms with E-state index in [0.717, 1.165) is 11.4 Å². The topological polar surface area (TPSA) is 44.2 Å². The van der Waals surface area contributed by atoms with Crippen LogP contribution in [0.2, 0.25) is 0 Å². The van der Waals surface area contributed by atoms with Crippen molar-refractivity contribution in [1.29, 1.82) is 0 Å². The van der Waals surface area contributed by atoms with Crippen LogP contribution in [0.25, 0.3) is 0 Å². The van der Waals surface area contributed by atoms with Gasteiger partial charge in [-0.15, -0.1) is 0 Å². The molecule has 1 aromatic carbocycles. The number of aryl methyl sites for hydroxylation is 2. The zero-order valence-electron chi connectivity index (χ0n) is 12.5. The van der Waals surface area contributed by atoms with E-state index >= 15 is 0 Å². The van der Waals surface area contributed by atoms with E-state index in [-0.39, 0.29) is 0 Å². The van der Waals surface area contributed by atoms with E-state index in [0.29, 0.717) is 23.0 Å². The van der Waals surface area contributed by atoms with E-state index < -0.39 is 0 Å². The Balaban J connectivity index is 1.74. The molecule has 0 aliphatic rings. The molecular weight excluding hydrogens is 276 g/mol. The molecule has 0 N–H and O–H groups in total. The first-order valence-electron chi connectivity index (χ1n) is 7.00. The summed E-state index contributed by atoms with van der Waals surface area (Å²) in [6.07, 6.45) is 3.40. The molecule has 0 amide bonds. The molecule has 0 unspecified atom stereocenters. The van der Waals surface area contributed by atoms with Crippen molar-refractivity contribution in [2.24, 2.45) is 0 Å². The zero-order chi connectivity index (χ0) is 15.4. The van der Waals surface area contributed by atoms with Gasteiger partial charge in [-0.1, -0.05) is 6.07 Å². The summed E-state index contributed by atoms with van der Waals surface area (Å²) in [6.45, 7) is 3.88. The highest BCUT2D eigenvalue weighted by Crippen LogP contribution is 2.27. The summed E-state index contributed by atoms with van der Waals surface area (Å²) < 4.78 is 11.5. The van der Waals surface area contributed by atoms with Gasteiger partial charge in [-0.05, 0) is 50.2 Å². The maximum atomic E-state index is 5.77. The Bertz CT molecular complexity index is 690. The Labute approximate surface area is 129 Å². The van der Waals surface area contributed by atoms with Crippen molar-refractivity contribution in [3.05, 3.63) is 72.3 Å². The summed E-state index contributed by atoms with van der Waals surface area (Å²) in [5.41, 5.74) is 1.91. The van der Waals surface area contributed by atoms with E-state index in [2.05, 4.69) is 9.97 Å². The SMILES string of the molecule is Cc1ccc(Oc2cccc(Oc3ccc(C)nc3)c2)cn1. The minimum atomic E-state index is 0.694. The van der Waals surface area contributed by atoms with Crippen molar-refractivity contribution in [3.8, 4) is 23.0 Å². The summed E-state index contributed by atoms with van der Waals surface area (Å²) in [6, 6.07) is 15.1. The van der Waals surface area contributed by atoms with Gasteiger partial charge >= 0.3 is 0 Å². The van der Waals surface area contributed by atoms with Crippen molar-refractivity contribution in [2.75, 3.05) is 0 Å². The molecule has 0 saturated heterocycles. The molecule has 0 saturated carbocycles. The van der Waals surface area contributed by atoms with Crippen molar-refractivity contribution in [1.82, 2.24) is 9.97 Å². The third-order valence-electron chi connectivity index (χ3n) is 3.05. The quantitative estimate of drug-likeness (QED) is 0.700. The van der Waals surface area contributed by atoms with E-state index in [1.54, 1.807) is 12.4 Å². The third-order valence-corrected chi connectivity index (χ3v) is 3.05. The van der Waals surface area contributed by atoms with Crippen molar-refractivity contribution in [3.63, 3.8) is 0 Å². The van der Waals surface area contributed by atoms with Gasteiger partial charge in [0.25, 0.3) is 0 Å². The van der Waals surface area contributed by atoms with Crippen LogP contribution in [0.15, 0.2) is 60.9 Å². The molecule has 0 radical (unpaired) electrons. The highest BCUT2D eigenvalue weighted by Gasteiger charge is 2.02. The lowest BCUT2D eigenvalue weighted by molar-refractivity contribution is 0.458. The highest BCUT2D eigenvalue weighted by atomic mass is 16.5. The molecule has 0 aliphatic carbocycles. The smallest absolute Gasteiger partial charge is 0.145 e. The first kappa shape index (κ1) is 14.1. The number of nitrogens with zero attached hydrogens (tertiary/aromatic N) is 2. The van der Waals surface area contributed by atoms with E-state index in [4.69, 9.17) is 9.47 Å². The van der Waals surface area contributed by atoms with Crippen LogP contribution in [-0.4, -0.2) is 9.97 Å². The van der Waals surface area contributed by atoms with Crippen LogP contribution in [0.3, 0.4) is 0 Å². The normalized spacial score (nSPS) is 10.3. The molecule has 3 rings (SSSR count). The van der Waals surface area contributed by atoms with Crippen LogP contribution in [0, 0.1) is 13.8 Å². The molecule has 4 heteroatoms. The maximum absolute atomic E-state index is 5.77. The molecule has 110 valence electrons. The summed E-state index contributed by atoms with van der Waals surface area (Å²) in [5, 5.41) is 0. The molecule has 0 atom stereocenters. The molecule has 2 heterocycles. The third kappa shape index (κ3) is 3.61. The molecule has 3 aromatic rings. The average molecular weight is 292 g/mol. The summed E-state index contributed by atoms with van der Waals surface area (Å²) >= 11 is 0. The average Bonchev–Trinajstić information content (AvgIpc) is 2.52. The fourth-order valence-electron chi connectivity index (χ4n) is 1.90. The van der Waals surface area contributed by atoms with Gasteiger partial charge in [0, 0.05) is 17.5 Å². The Hall–Kier alpha value is -2.88. The molecule has 22 heavy (non-hydrogen) atoms. The zero-order valence-corrected chi connectivity index (χ0v) is 12.5. The fourth-order valence-corrected chi connectivity index (χ4v) is 1.90. The monoisotopic (exact) mass is 292 g/mol. The number of hydrogen-bond donors (Lipinski definition) is 0. The molecule has 4 nitrogen and oxygen atoms in total. The lowest BCUT2D eigenvalue weighted by atomic mass is 10.3. The van der Waals surface area contributed by atoms with Crippen LogP contribution in [0.4, 0.5) is 0 Å². The van der Waals surface area contributed by atoms with Crippen LogP contribution in [0.5, 0.6) is 23.0 Å². The number of hydrogen-bond acceptors (Lipinski definition) is 4. The van der Waals surface area contributed by atoms with Crippen LogP contribution < -0.4 is 9.47 Å². The standard InChI is InChI=1S/C18H16N2O2/c1-13-6-8-17(11-19-13)21-15-4-3-5-16(10-15)22-18-9-7-14(2)20-12-18/h3-12H,1-2H3. The Kier molecular flexibility index (Phi) is 4.01. The van der Waals surface area contributed by atoms with Gasteiger partial charge in [-0.3, -0.25) is 9.97 Å². The van der Waals surface area contributed by atoms with Gasteiger partial charge in [-0.2, -0.15) is 0 Å². The predicted octanol–water partition coefficient (Wildman–Crippen LogP) is 4.68. The number of pyridine rings is 2. The first-order chi connectivity index (χ1) is 10.7. The summed E-state index contributed by atoms with van der Waals surface area (Å²) in [7, 11) is 0. The van der Waals surface area contributed by atoms with Gasteiger partial charge in [-0.25, -0.2) is 0 Å². The van der Waals surface area contributed by atoms with Gasteiger partial charge in [0.15, 0.2) is 0 Å². The van der Waals surface area contributed by atoms with Crippen LogP contribution in [-0.2, 0) is 0 Å². The van der Waals surface area contributed by atoms with Gasteiger partial charge < -0.3 is 9.47 Å². The molecule has 0 fully saturated rings. The summed E-state index contributed by atoms with van der Waals surface area (Å²) in [4.78, 5) is 8.42.